The lowest BCUT2D eigenvalue weighted by Crippen LogP contribution is -2.01. The third-order valence-electron chi connectivity index (χ3n) is 1.59. The second-order valence-electron chi connectivity index (χ2n) is 2.60. The Balaban J connectivity index is 2.39. The fourth-order valence-corrected chi connectivity index (χ4v) is 0.847. The van der Waals surface area contributed by atoms with E-state index in [-0.39, 0.29) is 12.3 Å². The van der Waals surface area contributed by atoms with Gasteiger partial charge in [0, 0.05) is 12.3 Å². The first kappa shape index (κ1) is 8.63. The summed E-state index contributed by atoms with van der Waals surface area (Å²) in [6, 6.07) is 0. The molecule has 0 aromatic carbocycles. The van der Waals surface area contributed by atoms with Crippen LogP contribution in [0, 0.1) is 0 Å². The van der Waals surface area contributed by atoms with Crippen LogP contribution in [0.5, 0.6) is 0 Å². The highest BCUT2D eigenvalue weighted by Gasteiger charge is 2.11. The first-order chi connectivity index (χ1) is 5.70. The molecule has 0 bridgehead atoms. The fourth-order valence-electron chi connectivity index (χ4n) is 0.847. The Labute approximate surface area is 69.0 Å². The van der Waals surface area contributed by atoms with Crippen LogP contribution in [-0.4, -0.2) is 31.7 Å². The van der Waals surface area contributed by atoms with Gasteiger partial charge in [0.25, 0.3) is 0 Å². The number of carboxylic acid groups (broad SMARTS) is 1. The first-order valence-corrected chi connectivity index (χ1v) is 3.65. The number of nitrogens with one attached hydrogen (secondary N) is 1. The van der Waals surface area contributed by atoms with Crippen molar-refractivity contribution in [1.82, 2.24) is 20.6 Å². The molecule has 0 aliphatic carbocycles. The Morgan fingerprint density at radius 3 is 3.00 bits per heavy atom. The molecule has 0 amide bonds. The van der Waals surface area contributed by atoms with Gasteiger partial charge in [0.1, 0.15) is 0 Å². The predicted molar refractivity (Wildman–Crippen MR) is 39.5 cm³/mol. The molecule has 0 aliphatic heterocycles. The zero-order valence-corrected chi connectivity index (χ0v) is 6.69. The molecule has 66 valence electrons. The average molecular weight is 170 g/mol. The third kappa shape index (κ3) is 2.30. The van der Waals surface area contributed by atoms with Crippen LogP contribution in [-0.2, 0) is 4.79 Å². The standard InChI is InChI=1S/C6H10N4O2/c1-4(2-3-5(11)12)6-7-9-10-8-6/h4H,2-3H2,1H3,(H,11,12)(H,7,8,9,10). The normalized spacial score (nSPS) is 12.8. The van der Waals surface area contributed by atoms with Crippen molar-refractivity contribution in [3.05, 3.63) is 5.82 Å². The van der Waals surface area contributed by atoms with Gasteiger partial charge >= 0.3 is 5.97 Å². The number of aliphatic carboxylic acids is 1. The van der Waals surface area contributed by atoms with Gasteiger partial charge in [-0.1, -0.05) is 12.1 Å². The maximum atomic E-state index is 10.2. The van der Waals surface area contributed by atoms with Crippen molar-refractivity contribution in [2.24, 2.45) is 0 Å². The number of tetrazole rings is 1. The topological polar surface area (TPSA) is 91.8 Å². The number of carboxylic acids is 1. The van der Waals surface area contributed by atoms with E-state index in [0.717, 1.165) is 0 Å². The number of H-pyrrole nitrogens is 1. The Bertz CT molecular complexity index is 246. The highest BCUT2D eigenvalue weighted by molar-refractivity contribution is 5.66. The summed E-state index contributed by atoms with van der Waals surface area (Å²) >= 11 is 0. The van der Waals surface area contributed by atoms with Gasteiger partial charge in [-0.3, -0.25) is 4.79 Å². The summed E-state index contributed by atoms with van der Waals surface area (Å²) in [5.41, 5.74) is 0. The van der Waals surface area contributed by atoms with Gasteiger partial charge in [-0.2, -0.15) is 5.21 Å². The summed E-state index contributed by atoms with van der Waals surface area (Å²) < 4.78 is 0. The monoisotopic (exact) mass is 170 g/mol. The quantitative estimate of drug-likeness (QED) is 0.671. The molecule has 0 saturated heterocycles. The van der Waals surface area contributed by atoms with Crippen molar-refractivity contribution in [2.75, 3.05) is 0 Å². The molecular weight excluding hydrogens is 160 g/mol. The van der Waals surface area contributed by atoms with E-state index in [1.165, 1.54) is 0 Å². The molecule has 1 unspecified atom stereocenters. The van der Waals surface area contributed by atoms with Gasteiger partial charge < -0.3 is 5.11 Å². The first-order valence-electron chi connectivity index (χ1n) is 3.65. The summed E-state index contributed by atoms with van der Waals surface area (Å²) in [4.78, 5) is 10.2. The summed E-state index contributed by atoms with van der Waals surface area (Å²) in [6.07, 6.45) is 0.671. The van der Waals surface area contributed by atoms with Gasteiger partial charge in [0.2, 0.25) is 0 Å². The Morgan fingerprint density at radius 1 is 1.75 bits per heavy atom. The van der Waals surface area contributed by atoms with Crippen LogP contribution in [0.4, 0.5) is 0 Å². The van der Waals surface area contributed by atoms with Gasteiger partial charge in [-0.15, -0.1) is 10.2 Å². The highest BCUT2D eigenvalue weighted by Crippen LogP contribution is 2.14. The van der Waals surface area contributed by atoms with Crippen LogP contribution in [0.25, 0.3) is 0 Å². The summed E-state index contributed by atoms with van der Waals surface area (Å²) in [7, 11) is 0. The molecule has 6 nitrogen and oxygen atoms in total. The second-order valence-corrected chi connectivity index (χ2v) is 2.60. The molecule has 1 atom stereocenters. The molecule has 1 rings (SSSR count). The number of rotatable bonds is 4. The van der Waals surface area contributed by atoms with Crippen molar-refractivity contribution in [3.63, 3.8) is 0 Å². The predicted octanol–water partition coefficient (Wildman–Crippen LogP) is 0.168. The van der Waals surface area contributed by atoms with E-state index in [0.29, 0.717) is 12.2 Å². The number of carbonyl (C=O) groups is 1. The maximum absolute atomic E-state index is 10.2. The number of hydrogen-bond donors (Lipinski definition) is 2. The van der Waals surface area contributed by atoms with Crippen LogP contribution >= 0.6 is 0 Å². The number of nitrogens with zero attached hydrogens (tertiary/aromatic N) is 3. The van der Waals surface area contributed by atoms with Gasteiger partial charge in [-0.25, -0.2) is 0 Å². The molecule has 12 heavy (non-hydrogen) atoms. The Kier molecular flexibility index (Phi) is 2.73. The van der Waals surface area contributed by atoms with Crippen molar-refractivity contribution >= 4 is 5.97 Å². The molecule has 1 aromatic rings. The van der Waals surface area contributed by atoms with Crippen LogP contribution in [0.3, 0.4) is 0 Å². The van der Waals surface area contributed by atoms with Gasteiger partial charge in [0.15, 0.2) is 5.82 Å². The molecule has 0 saturated carbocycles. The van der Waals surface area contributed by atoms with Crippen molar-refractivity contribution in [1.29, 1.82) is 0 Å². The van der Waals surface area contributed by atoms with Crippen LogP contribution in [0.15, 0.2) is 0 Å². The molecule has 1 heterocycles. The van der Waals surface area contributed by atoms with E-state index in [4.69, 9.17) is 5.11 Å². The lowest BCUT2D eigenvalue weighted by atomic mass is 10.1. The van der Waals surface area contributed by atoms with Crippen LogP contribution < -0.4 is 0 Å². The van der Waals surface area contributed by atoms with Gasteiger partial charge in [0.05, 0.1) is 0 Å². The highest BCUT2D eigenvalue weighted by atomic mass is 16.4. The SMILES string of the molecule is CC(CCC(=O)O)c1nn[nH]n1. The Hall–Kier alpha value is -1.46. The minimum Gasteiger partial charge on any atom is -0.481 e. The Morgan fingerprint density at radius 2 is 2.50 bits per heavy atom. The summed E-state index contributed by atoms with van der Waals surface area (Å²) in [5.74, 6) is -0.193. The molecule has 1 aromatic heterocycles. The molecule has 0 spiro atoms. The van der Waals surface area contributed by atoms with E-state index < -0.39 is 5.97 Å². The summed E-state index contributed by atoms with van der Waals surface area (Å²) in [6.45, 7) is 1.87. The van der Waals surface area contributed by atoms with E-state index in [2.05, 4.69) is 20.6 Å². The minimum atomic E-state index is -0.801. The lowest BCUT2D eigenvalue weighted by molar-refractivity contribution is -0.137. The van der Waals surface area contributed by atoms with E-state index >= 15 is 0 Å². The van der Waals surface area contributed by atoms with E-state index in [9.17, 15) is 4.79 Å². The third-order valence-corrected chi connectivity index (χ3v) is 1.59. The van der Waals surface area contributed by atoms with Crippen LogP contribution in [0.2, 0.25) is 0 Å². The molecule has 2 N–H and O–H groups in total. The van der Waals surface area contributed by atoms with E-state index in [1.807, 2.05) is 6.92 Å². The number of hydrogen-bond acceptors (Lipinski definition) is 4. The summed E-state index contributed by atoms with van der Waals surface area (Å²) in [5, 5.41) is 21.6. The smallest absolute Gasteiger partial charge is 0.303 e. The maximum Gasteiger partial charge on any atom is 0.303 e. The molecule has 6 heteroatoms. The van der Waals surface area contributed by atoms with Crippen LogP contribution in [0.1, 0.15) is 31.5 Å². The molecule has 0 radical (unpaired) electrons. The zero-order chi connectivity index (χ0) is 8.97. The van der Waals surface area contributed by atoms with Gasteiger partial charge in [-0.05, 0) is 6.42 Å². The minimum absolute atomic E-state index is 0.0415. The fraction of sp³-hybridized carbons (Fsp3) is 0.667. The zero-order valence-electron chi connectivity index (χ0n) is 6.69. The number of aromatic nitrogens is 4. The number of aromatic amines is 1. The lowest BCUT2D eigenvalue weighted by Gasteiger charge is -2.02. The second kappa shape index (κ2) is 3.80. The molecule has 0 fully saturated rings. The van der Waals surface area contributed by atoms with Crippen molar-refractivity contribution in [3.8, 4) is 0 Å². The van der Waals surface area contributed by atoms with Crippen molar-refractivity contribution in [2.45, 2.75) is 25.7 Å². The average Bonchev–Trinajstić information content (AvgIpc) is 2.51. The molecule has 0 aliphatic rings. The molecular formula is C6H10N4O2. The largest absolute Gasteiger partial charge is 0.481 e. The van der Waals surface area contributed by atoms with E-state index in [1.54, 1.807) is 0 Å². The van der Waals surface area contributed by atoms with Crippen molar-refractivity contribution < 1.29 is 9.90 Å².